The molecule has 0 saturated carbocycles. The second kappa shape index (κ2) is 2.18. The van der Waals surface area contributed by atoms with Crippen LogP contribution in [0.5, 0.6) is 0 Å². The van der Waals surface area contributed by atoms with Crippen LogP contribution >= 0.6 is 0 Å². The predicted octanol–water partition coefficient (Wildman–Crippen LogP) is -1.78. The Morgan fingerprint density at radius 3 is 0.750 bits per heavy atom. The van der Waals surface area contributed by atoms with Gasteiger partial charge >= 0.3 is 31.0 Å². The maximum absolute atomic E-state index is 8.64. The van der Waals surface area contributed by atoms with E-state index in [9.17, 15) is 0 Å². The Morgan fingerprint density at radius 2 is 0.750 bits per heavy atom. The van der Waals surface area contributed by atoms with E-state index >= 15 is 0 Å². The number of hydrogen-bond donors (Lipinski definition) is 2. The molecular formula is H4N2O5V. The van der Waals surface area contributed by atoms with Gasteiger partial charge in [0.05, 0.1) is 0 Å². The van der Waals surface area contributed by atoms with Gasteiger partial charge in [0.25, 0.3) is 0 Å². The molecule has 7 nitrogen and oxygen atoms in total. The third-order valence-corrected chi connectivity index (χ3v) is 0. The molecule has 0 unspecified atom stereocenters. The summed E-state index contributed by atoms with van der Waals surface area (Å²) < 4.78 is 43.2. The zero-order valence-electron chi connectivity index (χ0n) is 3.64. The first-order valence-electron chi connectivity index (χ1n) is 1.25. The van der Waals surface area contributed by atoms with Crippen LogP contribution in [-0.2, 0) is 31.0 Å². The first kappa shape index (κ1) is 10.5. The molecule has 0 amide bonds. The quantitative estimate of drug-likeness (QED) is 0.318. The van der Waals surface area contributed by atoms with E-state index in [0.29, 0.717) is 0 Å². The van der Waals surface area contributed by atoms with Gasteiger partial charge in [-0.3, -0.25) is 11.7 Å². The molecule has 0 aromatic carbocycles. The monoisotopic (exact) mass is 163 g/mol. The second-order valence-electron chi connectivity index (χ2n) is 0.745. The van der Waals surface area contributed by atoms with E-state index in [1.165, 1.54) is 0 Å². The molecule has 0 heterocycles. The zero-order valence-corrected chi connectivity index (χ0v) is 5.04. The summed E-state index contributed by atoms with van der Waals surface area (Å²) in [4.78, 5) is 0. The first-order chi connectivity index (χ1) is 3.24. The Bertz CT molecular complexity index is 280. The summed E-state index contributed by atoms with van der Waals surface area (Å²) in [7, 11) is 0. The number of rotatable bonds is 0. The molecule has 49 valence electrons. The van der Waals surface area contributed by atoms with Crippen LogP contribution in [0.3, 0.4) is 0 Å². The van der Waals surface area contributed by atoms with Gasteiger partial charge in [-0.15, -0.1) is 0 Å². The Labute approximate surface area is 43.5 Å². The van der Waals surface area contributed by atoms with Crippen LogP contribution in [-0.4, -0.2) is 0 Å². The maximum atomic E-state index is 8.64. The van der Waals surface area contributed by atoms with Gasteiger partial charge in [0.1, 0.15) is 0 Å². The molecule has 0 atom stereocenters. The molecule has 8 heavy (non-hydrogen) atoms. The average molecular weight is 163 g/mol. The van der Waals surface area contributed by atoms with Crippen LogP contribution in [0.1, 0.15) is 0 Å². The van der Waals surface area contributed by atoms with Crippen molar-refractivity contribution in [3.8, 4) is 0 Å². The van der Waals surface area contributed by atoms with E-state index in [0.717, 1.165) is 0 Å². The van der Waals surface area contributed by atoms with E-state index in [4.69, 9.17) is 18.4 Å². The molecule has 0 saturated heterocycles. The summed E-state index contributed by atoms with van der Waals surface area (Å²) in [5, 5.41) is 0. The molecule has 0 aliphatic heterocycles. The van der Waals surface area contributed by atoms with Crippen molar-refractivity contribution >= 4 is 0 Å². The van der Waals surface area contributed by atoms with Crippen LogP contribution in [0.4, 0.5) is 0 Å². The standard InChI is InChI=1S/H4N2.5O.V/c1-2;;;;;;/h1-2H2;;;;;;. The molecule has 0 spiro atoms. The van der Waals surface area contributed by atoms with E-state index in [-0.39, 0.29) is 0 Å². The fourth-order valence-electron chi connectivity index (χ4n) is 0. The van der Waals surface area contributed by atoms with E-state index in [2.05, 4.69) is 11.7 Å². The average Bonchev–Trinajstić information content (AvgIpc) is 1.33. The van der Waals surface area contributed by atoms with Crippen molar-refractivity contribution in [2.75, 3.05) is 0 Å². The summed E-state index contributed by atoms with van der Waals surface area (Å²) in [5.41, 5.74) is 0. The molecule has 0 fully saturated rings. The molecule has 0 aliphatic rings. The van der Waals surface area contributed by atoms with Crippen molar-refractivity contribution in [3.05, 3.63) is 0 Å². The van der Waals surface area contributed by atoms with Crippen LogP contribution in [0.2, 0.25) is 0 Å². The van der Waals surface area contributed by atoms with Crippen molar-refractivity contribution < 1.29 is 31.0 Å². The molecule has 0 aliphatic carbocycles. The number of hydrogen-bond acceptors (Lipinski definition) is 7. The first-order valence-corrected chi connectivity index (χ1v) is 4.10. The number of hydrazine groups is 1. The fourth-order valence-corrected chi connectivity index (χ4v) is 0. The van der Waals surface area contributed by atoms with Crippen LogP contribution in [0, 0.1) is 0 Å². The Morgan fingerprint density at radius 1 is 0.750 bits per heavy atom. The van der Waals surface area contributed by atoms with Gasteiger partial charge in [-0.05, 0) is 0 Å². The predicted molar refractivity (Wildman–Crippen MR) is 11.8 cm³/mol. The Balaban J connectivity index is 0. The second-order valence-corrected chi connectivity index (χ2v) is 3.07. The molecule has 0 radical (unpaired) electrons. The molecule has 0 aromatic heterocycles. The molecule has 0 bridgehead atoms. The van der Waals surface area contributed by atoms with Crippen molar-refractivity contribution in [2.45, 2.75) is 0 Å². The van der Waals surface area contributed by atoms with Crippen molar-refractivity contribution in [2.24, 2.45) is 11.7 Å². The Hall–Kier alpha value is -0.496. The van der Waals surface area contributed by atoms with Gasteiger partial charge in [-0.1, -0.05) is 0 Å². The summed E-state index contributed by atoms with van der Waals surface area (Å²) in [5.74, 6) is 8.00. The van der Waals surface area contributed by atoms with Crippen LogP contribution in [0.15, 0.2) is 0 Å². The minimum absolute atomic E-state index is 4.00. The van der Waals surface area contributed by atoms with Crippen LogP contribution in [0.25, 0.3) is 0 Å². The molecule has 4 N–H and O–H groups in total. The fraction of sp³-hybridized carbons (Fsp3) is 0. The number of nitrogens with two attached hydrogens (primary N) is 2. The summed E-state index contributed by atoms with van der Waals surface area (Å²) in [6.07, 6.45) is 0. The van der Waals surface area contributed by atoms with E-state index in [1.807, 2.05) is 0 Å². The molecule has 0 rings (SSSR count). The zero-order chi connectivity index (χ0) is 7.45. The molecule has 0 aromatic rings. The van der Waals surface area contributed by atoms with E-state index < -0.39 is 12.6 Å². The van der Waals surface area contributed by atoms with Crippen molar-refractivity contribution in [3.63, 3.8) is 0 Å². The normalized spacial score (nSPS) is 8.25. The van der Waals surface area contributed by atoms with Gasteiger partial charge < -0.3 is 0 Å². The minimum atomic E-state index is -7.74. The topological polar surface area (TPSA) is 137 Å². The van der Waals surface area contributed by atoms with Crippen LogP contribution < -0.4 is 11.7 Å². The van der Waals surface area contributed by atoms with Gasteiger partial charge in [-0.2, -0.15) is 0 Å². The van der Waals surface area contributed by atoms with E-state index in [1.54, 1.807) is 0 Å². The Kier molecular flexibility index (Phi) is 2.86. The molecular weight excluding hydrogens is 159 g/mol. The van der Waals surface area contributed by atoms with Gasteiger partial charge in [-0.25, -0.2) is 0 Å². The summed E-state index contributed by atoms with van der Waals surface area (Å²) >= 11 is -7.74. The summed E-state index contributed by atoms with van der Waals surface area (Å²) in [6, 6.07) is 0. The third-order valence-electron chi connectivity index (χ3n) is 0. The third kappa shape index (κ3) is 455. The molecule has 8 heteroatoms. The van der Waals surface area contributed by atoms with Gasteiger partial charge in [0.2, 0.25) is 0 Å². The van der Waals surface area contributed by atoms with Crippen molar-refractivity contribution in [1.29, 1.82) is 0 Å². The van der Waals surface area contributed by atoms with Gasteiger partial charge in [0, 0.05) is 0 Å². The van der Waals surface area contributed by atoms with Crippen molar-refractivity contribution in [1.82, 2.24) is 0 Å². The summed E-state index contributed by atoms with van der Waals surface area (Å²) in [6.45, 7) is 0. The SMILES string of the molecule is NN.[O]=[V](=[O])(=[O])(=[O])=[O]. The van der Waals surface area contributed by atoms with Gasteiger partial charge in [0.15, 0.2) is 0 Å².